The zero-order valence-electron chi connectivity index (χ0n) is 17.2. The molecule has 8 nitrogen and oxygen atoms in total. The summed E-state index contributed by atoms with van der Waals surface area (Å²) in [6, 6.07) is 15.8. The van der Waals surface area contributed by atoms with Crippen LogP contribution in [0.25, 0.3) is 10.9 Å². The predicted octanol–water partition coefficient (Wildman–Crippen LogP) is 2.47. The molecule has 2 fully saturated rings. The second-order valence-electron chi connectivity index (χ2n) is 8.05. The smallest absolute Gasteiger partial charge is 0.408 e. The Morgan fingerprint density at radius 2 is 1.97 bits per heavy atom. The van der Waals surface area contributed by atoms with E-state index < -0.39 is 11.6 Å². The first-order valence-corrected chi connectivity index (χ1v) is 10.7. The van der Waals surface area contributed by atoms with Crippen molar-refractivity contribution in [2.45, 2.75) is 24.5 Å². The van der Waals surface area contributed by atoms with Crippen LogP contribution in [0.1, 0.15) is 24.0 Å². The van der Waals surface area contributed by atoms with E-state index in [2.05, 4.69) is 10.4 Å². The molecular weight excluding hydrogens is 396 g/mol. The number of amides is 1. The second-order valence-corrected chi connectivity index (χ2v) is 8.05. The maximum absolute atomic E-state index is 12.3. The monoisotopic (exact) mass is 422 g/mol. The Labute approximate surface area is 180 Å². The molecule has 1 aromatic heterocycles. The van der Waals surface area contributed by atoms with Gasteiger partial charge in [-0.05, 0) is 17.2 Å². The Morgan fingerprint density at radius 3 is 2.74 bits per heavy atom. The third-order valence-electron chi connectivity index (χ3n) is 6.27. The van der Waals surface area contributed by atoms with Gasteiger partial charge in [-0.1, -0.05) is 47.3 Å². The van der Waals surface area contributed by atoms with Crippen LogP contribution in [0.15, 0.2) is 54.7 Å². The summed E-state index contributed by atoms with van der Waals surface area (Å²) in [5, 5.41) is 18.9. The van der Waals surface area contributed by atoms with Crippen LogP contribution in [0.3, 0.4) is 0 Å². The van der Waals surface area contributed by atoms with Crippen molar-refractivity contribution >= 4 is 17.0 Å². The number of hydrogen-bond donors (Lipinski definition) is 2. The molecule has 0 radical (unpaired) electrons. The molecule has 1 amide bonds. The number of carbonyl (C=O) groups is 1. The van der Waals surface area contributed by atoms with Crippen molar-refractivity contribution in [2.24, 2.45) is 0 Å². The molecule has 0 bridgehead atoms. The minimum atomic E-state index is -0.933. The largest absolute Gasteiger partial charge is 0.465 e. The first-order valence-electron chi connectivity index (χ1n) is 10.7. The van der Waals surface area contributed by atoms with E-state index in [0.29, 0.717) is 32.8 Å². The van der Waals surface area contributed by atoms with Crippen LogP contribution in [0, 0.1) is 0 Å². The van der Waals surface area contributed by atoms with Gasteiger partial charge in [-0.25, -0.2) is 4.79 Å². The minimum absolute atomic E-state index is 0.0513. The quantitative estimate of drug-likeness (QED) is 0.672. The van der Waals surface area contributed by atoms with Gasteiger partial charge in [0.2, 0.25) is 0 Å². The summed E-state index contributed by atoms with van der Waals surface area (Å²) in [4.78, 5) is 21.6. The number of piperazine rings is 1. The molecule has 2 saturated heterocycles. The number of benzene rings is 2. The van der Waals surface area contributed by atoms with Crippen molar-refractivity contribution in [3.63, 3.8) is 0 Å². The molecule has 5 rings (SSSR count). The van der Waals surface area contributed by atoms with Gasteiger partial charge in [-0.3, -0.25) is 4.90 Å². The molecule has 0 aliphatic carbocycles. The summed E-state index contributed by atoms with van der Waals surface area (Å²) < 4.78 is 5.42. The molecule has 2 aliphatic rings. The average molecular weight is 422 g/mol. The lowest BCUT2D eigenvalue weighted by Crippen LogP contribution is -2.61. The molecule has 0 spiro atoms. The van der Waals surface area contributed by atoms with Gasteiger partial charge in [0.05, 0.1) is 19.4 Å². The second kappa shape index (κ2) is 8.20. The fraction of sp³-hybridized carbons (Fsp3) is 0.391. The fourth-order valence-electron chi connectivity index (χ4n) is 4.66. The molecular formula is C23H26N4O4. The van der Waals surface area contributed by atoms with Crippen LogP contribution < -0.4 is 10.2 Å². The number of nitrogens with one attached hydrogen (secondary N) is 1. The molecule has 162 valence electrons. The normalized spacial score (nSPS) is 22.5. The van der Waals surface area contributed by atoms with Crippen molar-refractivity contribution in [1.29, 1.82) is 0 Å². The highest BCUT2D eigenvalue weighted by Crippen LogP contribution is 2.38. The van der Waals surface area contributed by atoms with Crippen molar-refractivity contribution in [2.75, 3.05) is 32.8 Å². The number of nitrogens with zero attached hydrogens (tertiary/aromatic N) is 3. The van der Waals surface area contributed by atoms with Crippen molar-refractivity contribution < 1.29 is 19.5 Å². The highest BCUT2D eigenvalue weighted by molar-refractivity contribution is 5.80. The van der Waals surface area contributed by atoms with Crippen LogP contribution in [0.2, 0.25) is 0 Å². The Balaban J connectivity index is 1.61. The van der Waals surface area contributed by atoms with E-state index in [-0.39, 0.29) is 6.10 Å². The van der Waals surface area contributed by atoms with Gasteiger partial charge in [-0.15, -0.1) is 5.10 Å². The number of rotatable bonds is 4. The molecule has 2 N–H and O–H groups in total. The molecule has 2 aliphatic heterocycles. The standard InChI is InChI=1S/C23H26N4O4/c28-22(29)26-11-10-24-16-23(26,18-4-2-1-3-5-18)19-7-6-17-15-25-27(21(17)14-19)31-20-8-12-30-13-9-20/h1-7,14-15,20,24H,8-13,16H2,(H,28,29). The van der Waals surface area contributed by atoms with Crippen molar-refractivity contribution in [3.8, 4) is 0 Å². The van der Waals surface area contributed by atoms with Gasteiger partial charge in [0, 0.05) is 37.9 Å². The molecule has 1 unspecified atom stereocenters. The molecule has 8 heteroatoms. The molecule has 31 heavy (non-hydrogen) atoms. The van der Waals surface area contributed by atoms with E-state index in [0.717, 1.165) is 34.9 Å². The zero-order chi connectivity index (χ0) is 21.3. The summed E-state index contributed by atoms with van der Waals surface area (Å²) >= 11 is 0. The number of ether oxygens (including phenoxy) is 1. The summed E-state index contributed by atoms with van der Waals surface area (Å²) in [6.07, 6.45) is 2.55. The number of carboxylic acid groups (broad SMARTS) is 1. The summed E-state index contributed by atoms with van der Waals surface area (Å²) in [6.45, 7) is 2.88. The Kier molecular flexibility index (Phi) is 5.25. The highest BCUT2D eigenvalue weighted by atomic mass is 16.7. The maximum Gasteiger partial charge on any atom is 0.408 e. The number of fused-ring (bicyclic) bond motifs is 1. The van der Waals surface area contributed by atoms with Gasteiger partial charge in [-0.2, -0.15) is 0 Å². The van der Waals surface area contributed by atoms with Gasteiger partial charge >= 0.3 is 6.09 Å². The van der Waals surface area contributed by atoms with E-state index in [4.69, 9.17) is 9.57 Å². The van der Waals surface area contributed by atoms with Crippen LogP contribution in [0.4, 0.5) is 4.79 Å². The van der Waals surface area contributed by atoms with E-state index in [1.165, 1.54) is 0 Å². The van der Waals surface area contributed by atoms with E-state index >= 15 is 0 Å². The van der Waals surface area contributed by atoms with Gasteiger partial charge in [0.1, 0.15) is 17.2 Å². The zero-order valence-corrected chi connectivity index (χ0v) is 17.2. The highest BCUT2D eigenvalue weighted by Gasteiger charge is 2.45. The lowest BCUT2D eigenvalue weighted by molar-refractivity contribution is -0.0455. The van der Waals surface area contributed by atoms with Crippen molar-refractivity contribution in [1.82, 2.24) is 20.2 Å². The number of aromatic nitrogens is 2. The summed E-state index contributed by atoms with van der Waals surface area (Å²) in [5.41, 5.74) is 1.81. The molecule has 0 saturated carbocycles. The molecule has 2 aromatic carbocycles. The van der Waals surface area contributed by atoms with Crippen molar-refractivity contribution in [3.05, 3.63) is 65.9 Å². The fourth-order valence-corrected chi connectivity index (χ4v) is 4.66. The Bertz CT molecular complexity index is 1060. The SMILES string of the molecule is O=C(O)N1CCNCC1(c1ccccc1)c1ccc2cnn(OC3CCOCC3)c2c1. The lowest BCUT2D eigenvalue weighted by Gasteiger charge is -2.46. The Hall–Kier alpha value is -3.10. The summed E-state index contributed by atoms with van der Waals surface area (Å²) in [5.74, 6) is 0. The third kappa shape index (κ3) is 3.51. The van der Waals surface area contributed by atoms with Gasteiger partial charge < -0.3 is 20.0 Å². The van der Waals surface area contributed by atoms with Gasteiger partial charge in [0.25, 0.3) is 0 Å². The van der Waals surface area contributed by atoms with E-state index in [9.17, 15) is 9.90 Å². The van der Waals surface area contributed by atoms with Gasteiger partial charge in [0.15, 0.2) is 0 Å². The maximum atomic E-state index is 12.3. The van der Waals surface area contributed by atoms with Crippen LogP contribution in [0.5, 0.6) is 0 Å². The molecule has 1 atom stereocenters. The topological polar surface area (TPSA) is 88.9 Å². The number of hydrogen-bond acceptors (Lipinski definition) is 5. The predicted molar refractivity (Wildman–Crippen MR) is 115 cm³/mol. The molecule has 3 aromatic rings. The first-order chi connectivity index (χ1) is 15.2. The molecule has 3 heterocycles. The minimum Gasteiger partial charge on any atom is -0.465 e. The average Bonchev–Trinajstić information content (AvgIpc) is 3.22. The van der Waals surface area contributed by atoms with E-state index in [1.807, 2.05) is 48.5 Å². The van der Waals surface area contributed by atoms with Crippen LogP contribution in [-0.2, 0) is 10.3 Å². The third-order valence-corrected chi connectivity index (χ3v) is 6.27. The summed E-state index contributed by atoms with van der Waals surface area (Å²) in [7, 11) is 0. The Morgan fingerprint density at radius 1 is 1.16 bits per heavy atom. The lowest BCUT2D eigenvalue weighted by atomic mass is 9.79. The first kappa shape index (κ1) is 19.8. The van der Waals surface area contributed by atoms with Crippen LogP contribution >= 0.6 is 0 Å². The van der Waals surface area contributed by atoms with Crippen LogP contribution in [-0.4, -0.2) is 65.0 Å². The van der Waals surface area contributed by atoms with E-state index in [1.54, 1.807) is 15.9 Å².